The minimum Gasteiger partial charge on any atom is -0.314 e. The average Bonchev–Trinajstić information content (AvgIpc) is 2.68. The Labute approximate surface area is 101 Å². The minimum atomic E-state index is 0.999. The topological polar surface area (TPSA) is 33.1 Å². The van der Waals surface area contributed by atoms with Crippen molar-refractivity contribution in [2.24, 2.45) is 7.05 Å². The first-order valence-corrected chi connectivity index (χ1v) is 6.18. The highest BCUT2D eigenvalue weighted by atomic mass is 15.3. The summed E-state index contributed by atoms with van der Waals surface area (Å²) in [6.45, 7) is 5.43. The molecule has 1 fully saturated rings. The fraction of sp³-hybridized carbons (Fsp3) is 0.462. The molecule has 0 unspecified atom stereocenters. The van der Waals surface area contributed by atoms with Crippen molar-refractivity contribution in [3.8, 4) is 0 Å². The number of fused-ring (bicyclic) bond motifs is 1. The second kappa shape index (κ2) is 4.47. The molecule has 3 rings (SSSR count). The van der Waals surface area contributed by atoms with Gasteiger partial charge in [0.2, 0.25) is 0 Å². The Bertz CT molecular complexity index is 511. The molecule has 1 N–H and O–H groups in total. The number of rotatable bonds is 2. The molecule has 0 aliphatic carbocycles. The molecule has 4 heteroatoms. The van der Waals surface area contributed by atoms with E-state index in [1.807, 2.05) is 17.8 Å². The summed E-state index contributed by atoms with van der Waals surface area (Å²) in [6, 6.07) is 8.38. The van der Waals surface area contributed by atoms with E-state index in [2.05, 4.69) is 33.5 Å². The molecular weight excluding hydrogens is 212 g/mol. The molecule has 90 valence electrons. The van der Waals surface area contributed by atoms with Crippen LogP contribution in [-0.4, -0.2) is 40.9 Å². The zero-order valence-corrected chi connectivity index (χ0v) is 10.2. The maximum absolute atomic E-state index is 4.55. The van der Waals surface area contributed by atoms with Crippen molar-refractivity contribution >= 4 is 10.9 Å². The molecule has 1 aromatic carbocycles. The molecule has 0 bridgehead atoms. The highest BCUT2D eigenvalue weighted by Crippen LogP contribution is 2.18. The molecule has 1 aliphatic heterocycles. The molecule has 4 nitrogen and oxygen atoms in total. The summed E-state index contributed by atoms with van der Waals surface area (Å²) >= 11 is 0. The number of nitrogens with zero attached hydrogens (tertiary/aromatic N) is 3. The molecule has 2 heterocycles. The Hall–Kier alpha value is -1.39. The summed E-state index contributed by atoms with van der Waals surface area (Å²) < 4.78 is 2.02. The third-order valence-electron chi connectivity index (χ3n) is 3.45. The molecule has 0 radical (unpaired) electrons. The smallest absolute Gasteiger partial charge is 0.0926 e. The maximum atomic E-state index is 4.55. The highest BCUT2D eigenvalue weighted by molar-refractivity contribution is 5.81. The summed E-state index contributed by atoms with van der Waals surface area (Å²) in [6.07, 6.45) is 0. The molecule has 2 aromatic rings. The van der Waals surface area contributed by atoms with Crippen molar-refractivity contribution in [1.29, 1.82) is 0 Å². The number of aryl methyl sites for hydroxylation is 1. The summed E-state index contributed by atoms with van der Waals surface area (Å²) in [5.74, 6) is 0. The van der Waals surface area contributed by atoms with E-state index in [9.17, 15) is 0 Å². The Morgan fingerprint density at radius 1 is 1.24 bits per heavy atom. The van der Waals surface area contributed by atoms with Crippen molar-refractivity contribution < 1.29 is 0 Å². The first-order chi connectivity index (χ1) is 8.34. The molecule has 0 atom stereocenters. The molecular formula is C13H18N4. The van der Waals surface area contributed by atoms with Gasteiger partial charge in [-0.05, 0) is 6.07 Å². The Morgan fingerprint density at radius 2 is 2.00 bits per heavy atom. The SMILES string of the molecule is Cn1nc2ccccc2c1CN1CCNCC1. The zero-order chi connectivity index (χ0) is 11.7. The minimum absolute atomic E-state index is 0.999. The summed E-state index contributed by atoms with van der Waals surface area (Å²) in [7, 11) is 2.04. The summed E-state index contributed by atoms with van der Waals surface area (Å²) in [5.41, 5.74) is 2.42. The van der Waals surface area contributed by atoms with Crippen molar-refractivity contribution in [3.63, 3.8) is 0 Å². The number of benzene rings is 1. The largest absolute Gasteiger partial charge is 0.314 e. The Morgan fingerprint density at radius 3 is 2.82 bits per heavy atom. The van der Waals surface area contributed by atoms with E-state index in [1.165, 1.54) is 11.1 Å². The van der Waals surface area contributed by atoms with Crippen LogP contribution in [0.5, 0.6) is 0 Å². The van der Waals surface area contributed by atoms with Crippen LogP contribution in [0.4, 0.5) is 0 Å². The van der Waals surface area contributed by atoms with Gasteiger partial charge in [-0.1, -0.05) is 18.2 Å². The van der Waals surface area contributed by atoms with Gasteiger partial charge in [-0.3, -0.25) is 9.58 Å². The first-order valence-electron chi connectivity index (χ1n) is 6.18. The van der Waals surface area contributed by atoms with E-state index in [1.54, 1.807) is 0 Å². The van der Waals surface area contributed by atoms with Crippen molar-refractivity contribution in [2.75, 3.05) is 26.2 Å². The average molecular weight is 230 g/mol. The Balaban J connectivity index is 1.90. The van der Waals surface area contributed by atoms with Crippen molar-refractivity contribution in [2.45, 2.75) is 6.54 Å². The number of hydrogen-bond acceptors (Lipinski definition) is 3. The van der Waals surface area contributed by atoms with Crippen molar-refractivity contribution in [3.05, 3.63) is 30.0 Å². The van der Waals surface area contributed by atoms with Crippen LogP contribution in [0.15, 0.2) is 24.3 Å². The van der Waals surface area contributed by atoms with E-state index >= 15 is 0 Å². The zero-order valence-electron chi connectivity index (χ0n) is 10.2. The monoisotopic (exact) mass is 230 g/mol. The van der Waals surface area contributed by atoms with Gasteiger partial charge in [0.05, 0.1) is 11.2 Å². The summed E-state index contributed by atoms with van der Waals surface area (Å²) in [5, 5.41) is 9.22. The van der Waals surface area contributed by atoms with Crippen LogP contribution in [0.25, 0.3) is 10.9 Å². The highest BCUT2D eigenvalue weighted by Gasteiger charge is 2.14. The van der Waals surface area contributed by atoms with Gasteiger partial charge in [-0.25, -0.2) is 0 Å². The van der Waals surface area contributed by atoms with E-state index < -0.39 is 0 Å². The number of piperazine rings is 1. The van der Waals surface area contributed by atoms with Crippen LogP contribution in [0, 0.1) is 0 Å². The van der Waals surface area contributed by atoms with Gasteiger partial charge in [0.25, 0.3) is 0 Å². The van der Waals surface area contributed by atoms with Crippen LogP contribution >= 0.6 is 0 Å². The third kappa shape index (κ3) is 2.06. The van der Waals surface area contributed by atoms with Gasteiger partial charge in [-0.2, -0.15) is 5.10 Å². The summed E-state index contributed by atoms with van der Waals surface area (Å²) in [4.78, 5) is 2.49. The Kier molecular flexibility index (Phi) is 2.82. The lowest BCUT2D eigenvalue weighted by Crippen LogP contribution is -2.43. The molecule has 0 spiro atoms. The van der Waals surface area contributed by atoms with E-state index in [0.29, 0.717) is 0 Å². The van der Waals surface area contributed by atoms with E-state index in [4.69, 9.17) is 0 Å². The van der Waals surface area contributed by atoms with E-state index in [-0.39, 0.29) is 0 Å². The predicted molar refractivity (Wildman–Crippen MR) is 68.9 cm³/mol. The van der Waals surface area contributed by atoms with Gasteiger partial charge >= 0.3 is 0 Å². The lowest BCUT2D eigenvalue weighted by atomic mass is 10.2. The fourth-order valence-corrected chi connectivity index (χ4v) is 2.47. The normalized spacial score (nSPS) is 17.7. The molecule has 1 aromatic heterocycles. The molecule has 17 heavy (non-hydrogen) atoms. The molecule has 0 amide bonds. The molecule has 1 aliphatic rings. The van der Waals surface area contributed by atoms with Gasteiger partial charge in [0.15, 0.2) is 0 Å². The predicted octanol–water partition coefficient (Wildman–Crippen LogP) is 0.978. The maximum Gasteiger partial charge on any atom is 0.0926 e. The second-order valence-electron chi connectivity index (χ2n) is 4.61. The van der Waals surface area contributed by atoms with Crippen LogP contribution in [-0.2, 0) is 13.6 Å². The fourth-order valence-electron chi connectivity index (χ4n) is 2.47. The van der Waals surface area contributed by atoms with E-state index in [0.717, 1.165) is 38.2 Å². The lowest BCUT2D eigenvalue weighted by molar-refractivity contribution is 0.228. The quantitative estimate of drug-likeness (QED) is 0.835. The molecule has 0 saturated carbocycles. The number of hydrogen-bond donors (Lipinski definition) is 1. The van der Waals surface area contributed by atoms with Gasteiger partial charge in [-0.15, -0.1) is 0 Å². The van der Waals surface area contributed by atoms with Crippen LogP contribution in [0.1, 0.15) is 5.69 Å². The lowest BCUT2D eigenvalue weighted by Gasteiger charge is -2.27. The van der Waals surface area contributed by atoms with Crippen molar-refractivity contribution in [1.82, 2.24) is 20.0 Å². The standard InChI is InChI=1S/C13H18N4/c1-16-13(10-17-8-6-14-7-9-17)11-4-2-3-5-12(11)15-16/h2-5,14H,6-10H2,1H3. The van der Waals surface area contributed by atoms with Gasteiger partial charge < -0.3 is 5.32 Å². The second-order valence-corrected chi connectivity index (χ2v) is 4.61. The van der Waals surface area contributed by atoms with Gasteiger partial charge in [0, 0.05) is 45.2 Å². The van der Waals surface area contributed by atoms with Crippen LogP contribution in [0.2, 0.25) is 0 Å². The first kappa shape index (κ1) is 10.7. The molecule has 1 saturated heterocycles. The van der Waals surface area contributed by atoms with Gasteiger partial charge in [0.1, 0.15) is 0 Å². The number of nitrogens with one attached hydrogen (secondary N) is 1. The number of aromatic nitrogens is 2. The van der Waals surface area contributed by atoms with Crippen LogP contribution < -0.4 is 5.32 Å². The third-order valence-corrected chi connectivity index (χ3v) is 3.45. The van der Waals surface area contributed by atoms with Crippen LogP contribution in [0.3, 0.4) is 0 Å².